The molecule has 0 radical (unpaired) electrons. The second kappa shape index (κ2) is 6.62. The molecule has 0 amide bonds. The van der Waals surface area contributed by atoms with Crippen LogP contribution in [0.1, 0.15) is 5.56 Å². The lowest BCUT2D eigenvalue weighted by Gasteiger charge is -2.20. The number of nitrogens with zero attached hydrogens (tertiary/aromatic N) is 4. The maximum absolute atomic E-state index is 5.69. The Hall–Kier alpha value is -3.00. The van der Waals surface area contributed by atoms with E-state index in [-0.39, 0.29) is 0 Å². The second-order valence-corrected chi connectivity index (χ2v) is 6.98. The molecule has 3 aromatic rings. The largest absolute Gasteiger partial charge is 0.497 e. The maximum atomic E-state index is 5.69. The molecule has 8 heteroatoms. The van der Waals surface area contributed by atoms with Gasteiger partial charge in [0.1, 0.15) is 19.0 Å². The number of methoxy groups -OCH3 is 1. The first kappa shape index (κ1) is 16.2. The number of hydrogen-bond donors (Lipinski definition) is 0. The van der Waals surface area contributed by atoms with Crippen LogP contribution in [-0.2, 0) is 0 Å². The van der Waals surface area contributed by atoms with Crippen molar-refractivity contribution in [2.45, 2.75) is 5.16 Å². The molecule has 7 nitrogen and oxygen atoms in total. The monoisotopic (exact) mass is 380 g/mol. The molecule has 2 aliphatic heterocycles. The van der Waals surface area contributed by atoms with Gasteiger partial charge in [-0.05, 0) is 42.5 Å². The molecule has 0 aliphatic carbocycles. The minimum Gasteiger partial charge on any atom is -0.497 e. The lowest BCUT2D eigenvalue weighted by molar-refractivity contribution is 0.171. The number of ether oxygens (including phenoxy) is 3. The van der Waals surface area contributed by atoms with Gasteiger partial charge in [-0.1, -0.05) is 11.8 Å². The summed E-state index contributed by atoms with van der Waals surface area (Å²) in [6.07, 6.45) is 0. The molecule has 2 aliphatic rings. The van der Waals surface area contributed by atoms with Gasteiger partial charge in [-0.3, -0.25) is 0 Å². The molecule has 0 bridgehead atoms. The van der Waals surface area contributed by atoms with Crippen molar-refractivity contribution in [3.63, 3.8) is 0 Å². The highest BCUT2D eigenvalue weighted by molar-refractivity contribution is 7.99. The van der Waals surface area contributed by atoms with E-state index in [1.807, 2.05) is 42.5 Å². The molecule has 0 saturated carbocycles. The van der Waals surface area contributed by atoms with E-state index in [2.05, 4.69) is 10.2 Å². The Morgan fingerprint density at radius 2 is 1.74 bits per heavy atom. The highest BCUT2D eigenvalue weighted by Gasteiger charge is 2.22. The van der Waals surface area contributed by atoms with Gasteiger partial charge in [-0.15, -0.1) is 10.2 Å². The molecule has 0 unspecified atom stereocenters. The Morgan fingerprint density at radius 3 is 2.56 bits per heavy atom. The highest BCUT2D eigenvalue weighted by Crippen LogP contribution is 2.33. The summed E-state index contributed by atoms with van der Waals surface area (Å²) in [5.74, 6) is 3.76. The Kier molecular flexibility index (Phi) is 3.97. The van der Waals surface area contributed by atoms with Crippen LogP contribution >= 0.6 is 11.8 Å². The first-order valence-electron chi connectivity index (χ1n) is 8.52. The standard InChI is InChI=1S/C19H16N4O3S/c1-24-14-5-2-12(3-6-14)18-20-21-19-23(18)22-15(11-27-19)13-4-7-16-17(10-13)26-9-8-25-16/h2-7,10H,8-9,11H2,1H3. The van der Waals surface area contributed by atoms with Crippen molar-refractivity contribution in [2.75, 3.05) is 26.1 Å². The summed E-state index contributed by atoms with van der Waals surface area (Å²) in [5.41, 5.74) is 2.88. The van der Waals surface area contributed by atoms with E-state index in [4.69, 9.17) is 19.3 Å². The Labute approximate surface area is 160 Å². The lowest BCUT2D eigenvalue weighted by Crippen LogP contribution is -2.17. The van der Waals surface area contributed by atoms with Crippen LogP contribution in [0.3, 0.4) is 0 Å². The van der Waals surface area contributed by atoms with E-state index < -0.39 is 0 Å². The molecule has 0 N–H and O–H groups in total. The minimum atomic E-state index is 0.564. The second-order valence-electron chi connectivity index (χ2n) is 6.04. The number of aromatic nitrogens is 3. The molecular formula is C19H16N4O3S. The number of fused-ring (bicyclic) bond motifs is 2. The normalized spacial score (nSPS) is 15.1. The van der Waals surface area contributed by atoms with E-state index >= 15 is 0 Å². The fraction of sp³-hybridized carbons (Fsp3) is 0.211. The molecule has 3 heterocycles. The molecule has 136 valence electrons. The van der Waals surface area contributed by atoms with Crippen LogP contribution in [0.4, 0.5) is 0 Å². The van der Waals surface area contributed by atoms with Gasteiger partial charge in [0.05, 0.1) is 12.8 Å². The average Bonchev–Trinajstić information content (AvgIpc) is 3.16. The van der Waals surface area contributed by atoms with Crippen molar-refractivity contribution in [1.82, 2.24) is 14.9 Å². The number of thioether (sulfide) groups is 1. The van der Waals surface area contributed by atoms with Gasteiger partial charge in [-0.25, -0.2) is 0 Å². The van der Waals surface area contributed by atoms with Gasteiger partial charge >= 0.3 is 0 Å². The molecule has 0 spiro atoms. The fourth-order valence-electron chi connectivity index (χ4n) is 3.01. The van der Waals surface area contributed by atoms with Gasteiger partial charge < -0.3 is 14.2 Å². The third kappa shape index (κ3) is 2.91. The summed E-state index contributed by atoms with van der Waals surface area (Å²) in [6, 6.07) is 13.6. The third-order valence-corrected chi connectivity index (χ3v) is 5.32. The van der Waals surface area contributed by atoms with Crippen LogP contribution in [-0.4, -0.2) is 46.7 Å². The summed E-state index contributed by atoms with van der Waals surface area (Å²) >= 11 is 1.61. The van der Waals surface area contributed by atoms with E-state index in [1.54, 1.807) is 23.5 Å². The average molecular weight is 380 g/mol. The van der Waals surface area contributed by atoms with Crippen molar-refractivity contribution >= 4 is 17.5 Å². The zero-order valence-corrected chi connectivity index (χ0v) is 15.4. The maximum Gasteiger partial charge on any atom is 0.212 e. The molecular weight excluding hydrogens is 364 g/mol. The van der Waals surface area contributed by atoms with Crippen LogP contribution in [0.15, 0.2) is 52.7 Å². The Morgan fingerprint density at radius 1 is 0.963 bits per heavy atom. The van der Waals surface area contributed by atoms with Crippen molar-refractivity contribution in [3.8, 4) is 28.6 Å². The Balaban J connectivity index is 1.53. The van der Waals surface area contributed by atoms with Gasteiger partial charge in [0.2, 0.25) is 5.16 Å². The zero-order chi connectivity index (χ0) is 18.2. The summed E-state index contributed by atoms with van der Waals surface area (Å²) in [7, 11) is 1.65. The summed E-state index contributed by atoms with van der Waals surface area (Å²) in [4.78, 5) is 0. The van der Waals surface area contributed by atoms with Crippen molar-refractivity contribution < 1.29 is 14.2 Å². The van der Waals surface area contributed by atoms with E-state index in [0.717, 1.165) is 45.0 Å². The lowest BCUT2D eigenvalue weighted by atomic mass is 10.1. The summed E-state index contributed by atoms with van der Waals surface area (Å²) < 4.78 is 18.3. The van der Waals surface area contributed by atoms with Gasteiger partial charge in [0, 0.05) is 16.9 Å². The van der Waals surface area contributed by atoms with E-state index in [9.17, 15) is 0 Å². The molecule has 2 aromatic carbocycles. The molecule has 27 heavy (non-hydrogen) atoms. The molecule has 0 fully saturated rings. The molecule has 5 rings (SSSR count). The van der Waals surface area contributed by atoms with Crippen LogP contribution < -0.4 is 14.2 Å². The molecule has 0 saturated heterocycles. The van der Waals surface area contributed by atoms with E-state index in [1.165, 1.54) is 0 Å². The topological polar surface area (TPSA) is 70.8 Å². The number of benzene rings is 2. The molecule has 1 aromatic heterocycles. The Bertz CT molecular complexity index is 1030. The summed E-state index contributed by atoms with van der Waals surface area (Å²) in [6.45, 7) is 1.15. The minimum absolute atomic E-state index is 0.564. The number of hydrogen-bond acceptors (Lipinski definition) is 7. The third-order valence-electron chi connectivity index (χ3n) is 4.39. The van der Waals surface area contributed by atoms with Gasteiger partial charge in [0.15, 0.2) is 17.3 Å². The first-order valence-corrected chi connectivity index (χ1v) is 9.51. The van der Waals surface area contributed by atoms with Crippen LogP contribution in [0.25, 0.3) is 11.4 Å². The van der Waals surface area contributed by atoms with Crippen molar-refractivity contribution in [2.24, 2.45) is 5.10 Å². The predicted octanol–water partition coefficient (Wildman–Crippen LogP) is 3.08. The van der Waals surface area contributed by atoms with Crippen LogP contribution in [0.5, 0.6) is 17.2 Å². The highest BCUT2D eigenvalue weighted by atomic mass is 32.2. The number of rotatable bonds is 3. The van der Waals surface area contributed by atoms with Crippen molar-refractivity contribution in [3.05, 3.63) is 48.0 Å². The smallest absolute Gasteiger partial charge is 0.212 e. The zero-order valence-electron chi connectivity index (χ0n) is 14.6. The SMILES string of the molecule is COc1ccc(-c2nnc3n2N=C(c2ccc4c(c2)OCCO4)CS3)cc1. The van der Waals surface area contributed by atoms with E-state index in [0.29, 0.717) is 19.0 Å². The summed E-state index contributed by atoms with van der Waals surface area (Å²) in [5, 5.41) is 14.2. The van der Waals surface area contributed by atoms with Crippen molar-refractivity contribution in [1.29, 1.82) is 0 Å². The van der Waals surface area contributed by atoms with Crippen LogP contribution in [0.2, 0.25) is 0 Å². The first-order chi connectivity index (χ1) is 13.3. The van der Waals surface area contributed by atoms with Gasteiger partial charge in [0.25, 0.3) is 0 Å². The quantitative estimate of drug-likeness (QED) is 0.695. The predicted molar refractivity (Wildman–Crippen MR) is 102 cm³/mol. The van der Waals surface area contributed by atoms with Gasteiger partial charge in [-0.2, -0.15) is 9.78 Å². The van der Waals surface area contributed by atoms with Crippen LogP contribution in [0, 0.1) is 0 Å². The molecule has 0 atom stereocenters. The fourth-order valence-corrected chi connectivity index (χ4v) is 3.85.